The summed E-state index contributed by atoms with van der Waals surface area (Å²) in [6.07, 6.45) is 2.06. The van der Waals surface area contributed by atoms with Gasteiger partial charge in [-0.25, -0.2) is 0 Å². The van der Waals surface area contributed by atoms with Gasteiger partial charge in [0.25, 0.3) is 0 Å². The van der Waals surface area contributed by atoms with E-state index in [0.717, 1.165) is 21.5 Å². The van der Waals surface area contributed by atoms with Crippen molar-refractivity contribution >= 4 is 38.6 Å². The molecule has 306 valence electrons. The quantitative estimate of drug-likeness (QED) is 0.174. The Bertz CT molecular complexity index is 3250. The van der Waals surface area contributed by atoms with Crippen molar-refractivity contribution in [1.82, 2.24) is 0 Å². The molecule has 2 nitrogen and oxygen atoms in total. The van der Waals surface area contributed by atoms with E-state index in [2.05, 4.69) is 223 Å². The van der Waals surface area contributed by atoms with Gasteiger partial charge in [-0.15, -0.1) is 0 Å². The van der Waals surface area contributed by atoms with E-state index in [4.69, 9.17) is 5.73 Å². The molecule has 0 amide bonds. The molecule has 0 bridgehead atoms. The zero-order valence-corrected chi connectivity index (χ0v) is 37.1. The second-order valence-corrected chi connectivity index (χ2v) is 17.7. The molecule has 0 heterocycles. The Labute approximate surface area is 384 Å². The molecular weight excluding hydrogens is 841 g/mol. The van der Waals surface area contributed by atoms with Gasteiger partial charge in [-0.3, -0.25) is 0 Å². The average Bonchev–Trinajstić information content (AvgIpc) is 4.00. The number of fused-ring (bicyclic) bond motifs is 17. The molecule has 0 saturated heterocycles. The van der Waals surface area contributed by atoms with Crippen molar-refractivity contribution in [2.24, 2.45) is 0 Å². The molecule has 0 radical (unpaired) electrons. The highest BCUT2D eigenvalue weighted by molar-refractivity contribution is 9.10. The van der Waals surface area contributed by atoms with Gasteiger partial charge in [0.1, 0.15) is 0 Å². The van der Waals surface area contributed by atoms with Crippen LogP contribution in [0.4, 0.5) is 17.1 Å². The van der Waals surface area contributed by atoms with Gasteiger partial charge in [0.2, 0.25) is 0 Å². The summed E-state index contributed by atoms with van der Waals surface area (Å²) in [4.78, 5) is 0. The van der Waals surface area contributed by atoms with Crippen molar-refractivity contribution in [3.8, 4) is 33.4 Å². The molecule has 13 rings (SSSR count). The lowest BCUT2D eigenvalue weighted by Crippen LogP contribution is -2.26. The number of nitrogens with two attached hydrogens (primary N) is 1. The highest BCUT2D eigenvalue weighted by Gasteiger charge is 2.52. The number of para-hydroxylation sites is 2. The number of benzene rings is 9. The fourth-order valence-corrected chi connectivity index (χ4v) is 11.5. The van der Waals surface area contributed by atoms with E-state index >= 15 is 0 Å². The lowest BCUT2D eigenvalue weighted by Gasteiger charge is -2.31. The molecule has 3 heteroatoms. The van der Waals surface area contributed by atoms with E-state index in [9.17, 15) is 0 Å². The van der Waals surface area contributed by atoms with Crippen molar-refractivity contribution in [3.63, 3.8) is 0 Å². The van der Waals surface area contributed by atoms with Gasteiger partial charge < -0.3 is 11.1 Å². The minimum absolute atomic E-state index is 0.252. The number of hydrogen-bond acceptors (Lipinski definition) is 2. The first kappa shape index (κ1) is 39.4. The molecule has 9 aromatic rings. The maximum absolute atomic E-state index is 5.36. The van der Waals surface area contributed by atoms with Crippen molar-refractivity contribution < 1.29 is 0 Å². The lowest BCUT2D eigenvalue weighted by molar-refractivity contribution is 0.785. The van der Waals surface area contributed by atoms with Crippen LogP contribution in [0.5, 0.6) is 0 Å². The first-order valence-corrected chi connectivity index (χ1v) is 22.7. The Balaban J connectivity index is 0.000000127. The molecular formula is C61H45BrN2. The zero-order chi connectivity index (χ0) is 43.4. The van der Waals surface area contributed by atoms with E-state index in [1.807, 2.05) is 36.4 Å². The monoisotopic (exact) mass is 884 g/mol. The number of halogens is 1. The Morgan fingerprint density at radius 3 is 1.28 bits per heavy atom. The van der Waals surface area contributed by atoms with Crippen molar-refractivity contribution in [2.75, 3.05) is 11.1 Å². The maximum Gasteiger partial charge on any atom is 0.0726 e. The van der Waals surface area contributed by atoms with Crippen LogP contribution in [0.25, 0.3) is 39.0 Å². The fraction of sp³-hybridized carbons (Fsp3) is 0.0492. The van der Waals surface area contributed by atoms with E-state index < -0.39 is 0 Å². The minimum Gasteiger partial charge on any atom is -0.399 e. The van der Waals surface area contributed by atoms with Crippen molar-refractivity contribution in [3.05, 3.63) is 286 Å². The summed E-state index contributed by atoms with van der Waals surface area (Å²) in [6.45, 7) is 6.42. The summed E-state index contributed by atoms with van der Waals surface area (Å²) in [7, 11) is 0. The topological polar surface area (TPSA) is 38.0 Å². The standard InChI is InChI=1S/C31H21N.C24H17Br.C6H7N/c1-2-10-21(11-3-1)32-22-18-19-26-25-14-6-9-17-29(25)31(30(26)20-22)27-15-7-4-12-23(27)24-13-5-8-16-28(24)31;1-3-20-15(2)17-8-4-6-10-21(17)24(20)22-11-7-5-9-18(22)19-13-12-16(25)14-23(19)24;7-6-4-2-1-3-5-6/h1-20,32H;3-14H,1H2,2H3;1-5H,7H2. The van der Waals surface area contributed by atoms with Gasteiger partial charge in [-0.2, -0.15) is 0 Å². The van der Waals surface area contributed by atoms with Crippen LogP contribution in [-0.2, 0) is 10.8 Å². The van der Waals surface area contributed by atoms with Gasteiger partial charge in [-0.1, -0.05) is 198 Å². The number of anilines is 3. The summed E-state index contributed by atoms with van der Waals surface area (Å²) in [6, 6.07) is 77.8. The maximum atomic E-state index is 5.36. The van der Waals surface area contributed by atoms with Gasteiger partial charge in [0, 0.05) is 21.5 Å². The SMILES string of the molecule is C=CC1=C(C)c2ccccc2C12c1ccccc1-c1ccc(Br)cc12.Nc1ccccc1.c1ccc(Nc2ccc3c(c2)C2(c4ccccc4-c4ccccc42)c2ccccc2-3)cc1. The third-order valence-corrected chi connectivity index (χ3v) is 14.1. The largest absolute Gasteiger partial charge is 0.399 e. The summed E-state index contributed by atoms with van der Waals surface area (Å²) in [5, 5.41) is 3.61. The zero-order valence-electron chi connectivity index (χ0n) is 35.5. The lowest BCUT2D eigenvalue weighted by atomic mass is 9.69. The normalized spacial score (nSPS) is 15.6. The molecule has 64 heavy (non-hydrogen) atoms. The third-order valence-electron chi connectivity index (χ3n) is 13.6. The Morgan fingerprint density at radius 1 is 0.406 bits per heavy atom. The first-order valence-electron chi connectivity index (χ1n) is 21.9. The highest BCUT2D eigenvalue weighted by atomic mass is 79.9. The second kappa shape index (κ2) is 15.7. The van der Waals surface area contributed by atoms with E-state index in [1.165, 1.54) is 89.0 Å². The average molecular weight is 886 g/mol. The molecule has 0 fully saturated rings. The number of hydrogen-bond donors (Lipinski definition) is 2. The summed E-state index contributed by atoms with van der Waals surface area (Å²) >= 11 is 3.70. The smallest absolute Gasteiger partial charge is 0.0726 e. The summed E-state index contributed by atoms with van der Waals surface area (Å²) in [5.41, 5.74) is 29.4. The van der Waals surface area contributed by atoms with Crippen LogP contribution in [0.2, 0.25) is 0 Å². The van der Waals surface area contributed by atoms with Crippen LogP contribution in [-0.4, -0.2) is 0 Å². The van der Waals surface area contributed by atoms with Crippen LogP contribution < -0.4 is 11.1 Å². The van der Waals surface area contributed by atoms with Gasteiger partial charge in [-0.05, 0) is 144 Å². The fourth-order valence-electron chi connectivity index (χ4n) is 11.2. The molecule has 2 spiro atoms. The minimum atomic E-state index is -0.284. The number of nitrogens with one attached hydrogen (secondary N) is 1. The summed E-state index contributed by atoms with van der Waals surface area (Å²) < 4.78 is 1.11. The predicted octanol–water partition coefficient (Wildman–Crippen LogP) is 15.8. The third kappa shape index (κ3) is 5.85. The van der Waals surface area contributed by atoms with E-state index in [0.29, 0.717) is 0 Å². The summed E-state index contributed by atoms with van der Waals surface area (Å²) in [5.74, 6) is 0. The van der Waals surface area contributed by atoms with Crippen LogP contribution in [0.1, 0.15) is 51.4 Å². The highest BCUT2D eigenvalue weighted by Crippen LogP contribution is 2.64. The molecule has 4 aliphatic rings. The molecule has 0 aliphatic heterocycles. The van der Waals surface area contributed by atoms with Gasteiger partial charge >= 0.3 is 0 Å². The van der Waals surface area contributed by atoms with Crippen molar-refractivity contribution in [2.45, 2.75) is 17.8 Å². The molecule has 0 aromatic heterocycles. The van der Waals surface area contributed by atoms with Crippen LogP contribution in [0, 0.1) is 0 Å². The first-order chi connectivity index (χ1) is 31.5. The van der Waals surface area contributed by atoms with Gasteiger partial charge in [0.15, 0.2) is 0 Å². The van der Waals surface area contributed by atoms with Crippen molar-refractivity contribution in [1.29, 1.82) is 0 Å². The van der Waals surface area contributed by atoms with Gasteiger partial charge in [0.05, 0.1) is 10.8 Å². The van der Waals surface area contributed by atoms with Crippen LogP contribution in [0.15, 0.2) is 241 Å². The Hall–Kier alpha value is -7.46. The Kier molecular flexibility index (Phi) is 9.67. The van der Waals surface area contributed by atoms with E-state index in [1.54, 1.807) is 0 Å². The molecule has 3 N–H and O–H groups in total. The van der Waals surface area contributed by atoms with Crippen LogP contribution >= 0.6 is 15.9 Å². The number of rotatable bonds is 3. The Morgan fingerprint density at radius 2 is 0.797 bits per heavy atom. The second-order valence-electron chi connectivity index (χ2n) is 16.8. The molecule has 1 unspecified atom stereocenters. The molecule has 0 saturated carbocycles. The van der Waals surface area contributed by atoms with Crippen LogP contribution in [0.3, 0.4) is 0 Å². The molecule has 9 aromatic carbocycles. The number of allylic oxidation sites excluding steroid dienone is 3. The predicted molar refractivity (Wildman–Crippen MR) is 272 cm³/mol. The van der Waals surface area contributed by atoms with E-state index in [-0.39, 0.29) is 10.8 Å². The molecule has 4 aliphatic carbocycles. The molecule has 1 atom stereocenters. The number of nitrogen functional groups attached to an aromatic ring is 1.